The van der Waals surface area contributed by atoms with Crippen LogP contribution in [0, 0.1) is 0 Å². The lowest BCUT2D eigenvalue weighted by Gasteiger charge is -2.30. The summed E-state index contributed by atoms with van der Waals surface area (Å²) in [6.45, 7) is 3.55. The summed E-state index contributed by atoms with van der Waals surface area (Å²) in [6, 6.07) is 11.3. The second kappa shape index (κ2) is 9.21. The summed E-state index contributed by atoms with van der Waals surface area (Å²) in [5.41, 5.74) is 2.08. The summed E-state index contributed by atoms with van der Waals surface area (Å²) in [5, 5.41) is 5.59. The second-order valence-electron chi connectivity index (χ2n) is 6.90. The Labute approximate surface area is 183 Å². The Bertz CT molecular complexity index is 986. The number of benzene rings is 2. The van der Waals surface area contributed by atoms with Crippen molar-refractivity contribution < 1.29 is 23.8 Å². The van der Waals surface area contributed by atoms with Crippen LogP contribution in [-0.2, 0) is 9.53 Å². The highest BCUT2D eigenvalue weighted by atomic mass is 79.9. The van der Waals surface area contributed by atoms with E-state index in [0.29, 0.717) is 38.4 Å². The average Bonchev–Trinajstić information content (AvgIpc) is 2.72. The normalized spacial score (nSPS) is 16.1. The quantitative estimate of drug-likeness (QED) is 0.613. The molecule has 2 amide bonds. The first-order valence-corrected chi connectivity index (χ1v) is 10.1. The molecule has 1 heterocycles. The highest BCUT2D eigenvalue weighted by molar-refractivity contribution is 9.10. The van der Waals surface area contributed by atoms with Gasteiger partial charge >= 0.3 is 12.0 Å². The Kier molecular flexibility index (Phi) is 6.66. The fourth-order valence-electron chi connectivity index (χ4n) is 3.16. The summed E-state index contributed by atoms with van der Waals surface area (Å²) in [7, 11) is 3.14. The van der Waals surface area contributed by atoms with Gasteiger partial charge in [0, 0.05) is 0 Å². The highest BCUT2D eigenvalue weighted by Gasteiger charge is 2.35. The van der Waals surface area contributed by atoms with E-state index in [4.69, 9.17) is 14.2 Å². The number of carbonyl (C=O) groups excluding carboxylic acids is 2. The first-order chi connectivity index (χ1) is 14.3. The van der Waals surface area contributed by atoms with Gasteiger partial charge in [-0.2, -0.15) is 0 Å². The number of hydrogen-bond acceptors (Lipinski definition) is 5. The second-order valence-corrected chi connectivity index (χ2v) is 7.75. The van der Waals surface area contributed by atoms with Gasteiger partial charge in [-0.1, -0.05) is 6.07 Å². The molecule has 0 aliphatic carbocycles. The predicted molar refractivity (Wildman–Crippen MR) is 116 cm³/mol. The maximum Gasteiger partial charge on any atom is 0.338 e. The highest BCUT2D eigenvalue weighted by Crippen LogP contribution is 2.35. The van der Waals surface area contributed by atoms with E-state index in [1.807, 2.05) is 6.07 Å². The molecule has 2 aromatic rings. The third-order valence-electron chi connectivity index (χ3n) is 4.52. The number of ether oxygens (including phenoxy) is 3. The van der Waals surface area contributed by atoms with Crippen LogP contribution in [0.4, 0.5) is 4.79 Å². The number of amides is 2. The van der Waals surface area contributed by atoms with Crippen LogP contribution in [0.5, 0.6) is 11.5 Å². The maximum absolute atomic E-state index is 13.1. The van der Waals surface area contributed by atoms with Crippen molar-refractivity contribution in [1.29, 1.82) is 0 Å². The third-order valence-corrected chi connectivity index (χ3v) is 5.14. The monoisotopic (exact) mass is 474 g/mol. The van der Waals surface area contributed by atoms with E-state index < -0.39 is 18.0 Å². The fraction of sp³-hybridized carbons (Fsp3) is 0.273. The molecule has 1 aliphatic rings. The minimum Gasteiger partial charge on any atom is -0.497 e. The largest absolute Gasteiger partial charge is 0.497 e. The lowest BCUT2D eigenvalue weighted by Crippen LogP contribution is -2.45. The van der Waals surface area contributed by atoms with E-state index in [1.165, 1.54) is 0 Å². The summed E-state index contributed by atoms with van der Waals surface area (Å²) in [5.74, 6) is 0.798. The Balaban J connectivity index is 2.16. The molecule has 0 bridgehead atoms. The summed E-state index contributed by atoms with van der Waals surface area (Å²) in [6.07, 6.45) is -0.317. The third kappa shape index (κ3) is 4.59. The van der Waals surface area contributed by atoms with Crippen molar-refractivity contribution in [1.82, 2.24) is 10.6 Å². The van der Waals surface area contributed by atoms with Gasteiger partial charge in [-0.25, -0.2) is 9.59 Å². The first-order valence-electron chi connectivity index (χ1n) is 9.34. The van der Waals surface area contributed by atoms with Crippen molar-refractivity contribution in [3.05, 3.63) is 63.6 Å². The molecular weight excluding hydrogens is 452 g/mol. The number of rotatable bonds is 6. The van der Waals surface area contributed by atoms with E-state index >= 15 is 0 Å². The van der Waals surface area contributed by atoms with E-state index in [2.05, 4.69) is 26.6 Å². The number of halogens is 1. The lowest BCUT2D eigenvalue weighted by molar-refractivity contribution is -0.143. The topological polar surface area (TPSA) is 85.9 Å². The standard InChI is InChI=1S/C22H23BrN2O5/c1-12(2)30-21(26)18-19(13-5-8-15(28-3)9-6-13)24-22(27)25-20(18)14-7-10-17(29-4)16(23)11-14/h5-12,20H,1-4H3,(H2,24,25,27). The summed E-state index contributed by atoms with van der Waals surface area (Å²) >= 11 is 3.46. The number of methoxy groups -OCH3 is 2. The molecule has 30 heavy (non-hydrogen) atoms. The molecule has 1 aliphatic heterocycles. The van der Waals surface area contributed by atoms with Gasteiger partial charge in [-0.05, 0) is 77.3 Å². The minimum atomic E-state index is -0.704. The van der Waals surface area contributed by atoms with Crippen LogP contribution < -0.4 is 20.1 Å². The zero-order chi connectivity index (χ0) is 21.8. The minimum absolute atomic E-state index is 0.311. The zero-order valence-electron chi connectivity index (χ0n) is 17.1. The van der Waals surface area contributed by atoms with Crippen molar-refractivity contribution in [2.75, 3.05) is 14.2 Å². The SMILES string of the molecule is COc1ccc(C2=C(C(=O)OC(C)C)C(c3ccc(OC)c(Br)c3)NC(=O)N2)cc1. The molecule has 1 unspecified atom stereocenters. The molecule has 8 heteroatoms. The molecule has 0 saturated heterocycles. The van der Waals surface area contributed by atoms with Gasteiger partial charge < -0.3 is 24.8 Å². The van der Waals surface area contributed by atoms with E-state index in [1.54, 1.807) is 64.5 Å². The Morgan fingerprint density at radius 3 is 2.33 bits per heavy atom. The number of esters is 1. The van der Waals surface area contributed by atoms with Gasteiger partial charge in [-0.15, -0.1) is 0 Å². The van der Waals surface area contributed by atoms with Crippen LogP contribution in [0.1, 0.15) is 31.0 Å². The van der Waals surface area contributed by atoms with Crippen LogP contribution in [0.2, 0.25) is 0 Å². The number of nitrogens with one attached hydrogen (secondary N) is 2. The first kappa shape index (κ1) is 21.7. The summed E-state index contributed by atoms with van der Waals surface area (Å²) in [4.78, 5) is 25.6. The molecule has 0 radical (unpaired) electrons. The van der Waals surface area contributed by atoms with Gasteiger partial charge in [-0.3, -0.25) is 0 Å². The predicted octanol–water partition coefficient (Wildman–Crippen LogP) is 4.18. The molecule has 2 N–H and O–H groups in total. The number of hydrogen-bond donors (Lipinski definition) is 2. The molecule has 1 atom stereocenters. The van der Waals surface area contributed by atoms with E-state index in [-0.39, 0.29) is 6.10 Å². The fourth-order valence-corrected chi connectivity index (χ4v) is 3.72. The van der Waals surface area contributed by atoms with Gasteiger partial charge in [0.15, 0.2) is 0 Å². The van der Waals surface area contributed by atoms with E-state index in [9.17, 15) is 9.59 Å². The molecule has 0 aromatic heterocycles. The Morgan fingerprint density at radius 1 is 1.07 bits per heavy atom. The molecule has 2 aromatic carbocycles. The molecular formula is C22H23BrN2O5. The lowest BCUT2D eigenvalue weighted by atomic mass is 9.92. The average molecular weight is 475 g/mol. The number of carbonyl (C=O) groups is 2. The Hall–Kier alpha value is -3.00. The van der Waals surface area contributed by atoms with Gasteiger partial charge in [0.1, 0.15) is 11.5 Å². The van der Waals surface area contributed by atoms with Crippen molar-refractivity contribution in [3.8, 4) is 11.5 Å². The summed E-state index contributed by atoms with van der Waals surface area (Å²) < 4.78 is 16.7. The van der Waals surface area contributed by atoms with Crippen molar-refractivity contribution in [2.45, 2.75) is 26.0 Å². The maximum atomic E-state index is 13.1. The van der Waals surface area contributed by atoms with Crippen molar-refractivity contribution >= 4 is 33.6 Å². The smallest absolute Gasteiger partial charge is 0.338 e. The molecule has 158 valence electrons. The Morgan fingerprint density at radius 2 is 1.77 bits per heavy atom. The molecule has 3 rings (SSSR count). The van der Waals surface area contributed by atoms with Gasteiger partial charge in [0.2, 0.25) is 0 Å². The van der Waals surface area contributed by atoms with Crippen LogP contribution in [0.3, 0.4) is 0 Å². The molecule has 0 fully saturated rings. The zero-order valence-corrected chi connectivity index (χ0v) is 18.7. The van der Waals surface area contributed by atoms with Gasteiger partial charge in [0.05, 0.1) is 42.1 Å². The van der Waals surface area contributed by atoms with Crippen LogP contribution in [0.15, 0.2) is 52.5 Å². The van der Waals surface area contributed by atoms with Crippen LogP contribution in [-0.4, -0.2) is 32.3 Å². The number of urea groups is 1. The molecule has 7 nitrogen and oxygen atoms in total. The van der Waals surface area contributed by atoms with Crippen molar-refractivity contribution in [3.63, 3.8) is 0 Å². The molecule has 0 spiro atoms. The molecule has 0 saturated carbocycles. The van der Waals surface area contributed by atoms with Crippen LogP contribution in [0.25, 0.3) is 5.70 Å². The van der Waals surface area contributed by atoms with E-state index in [0.717, 1.165) is 0 Å². The van der Waals surface area contributed by atoms with Gasteiger partial charge in [0.25, 0.3) is 0 Å². The van der Waals surface area contributed by atoms with Crippen molar-refractivity contribution in [2.24, 2.45) is 0 Å². The van der Waals surface area contributed by atoms with Crippen LogP contribution >= 0.6 is 15.9 Å².